The molecule has 28 heavy (non-hydrogen) atoms. The number of aromatic nitrogens is 1. The van der Waals surface area contributed by atoms with Gasteiger partial charge in [-0.1, -0.05) is 0 Å². The van der Waals surface area contributed by atoms with E-state index in [1.165, 1.54) is 0 Å². The number of fused-ring (bicyclic) bond motifs is 4. The summed E-state index contributed by atoms with van der Waals surface area (Å²) in [6.45, 7) is 5.15. The SMILES string of the molecule is C[C@H]1[C@H](NC(=O)c2cc3c(N4CCCCC4=O)coc3cn2)C2CCN1CC2. The zero-order valence-electron chi connectivity index (χ0n) is 16.2. The van der Waals surface area contributed by atoms with Crippen molar-refractivity contribution in [3.8, 4) is 0 Å². The van der Waals surface area contributed by atoms with Crippen LogP contribution in [0.5, 0.6) is 0 Å². The van der Waals surface area contributed by atoms with Gasteiger partial charge in [-0.3, -0.25) is 14.5 Å². The van der Waals surface area contributed by atoms with Crippen LogP contribution in [0.3, 0.4) is 0 Å². The van der Waals surface area contributed by atoms with E-state index in [-0.39, 0.29) is 17.9 Å². The fourth-order valence-corrected chi connectivity index (χ4v) is 5.08. The number of amides is 2. The molecule has 0 radical (unpaired) electrons. The molecule has 0 spiro atoms. The molecule has 7 heteroatoms. The van der Waals surface area contributed by atoms with Gasteiger partial charge in [-0.2, -0.15) is 0 Å². The predicted molar refractivity (Wildman–Crippen MR) is 105 cm³/mol. The lowest BCUT2D eigenvalue weighted by Gasteiger charge is -2.49. The second kappa shape index (κ2) is 6.88. The first-order valence-electron chi connectivity index (χ1n) is 10.3. The minimum absolute atomic E-state index is 0.109. The Hall–Kier alpha value is -2.41. The highest BCUT2D eigenvalue weighted by atomic mass is 16.3. The largest absolute Gasteiger partial charge is 0.460 e. The normalized spacial score (nSPS) is 30.0. The van der Waals surface area contributed by atoms with Gasteiger partial charge in [-0.25, -0.2) is 4.98 Å². The van der Waals surface area contributed by atoms with E-state index in [0.29, 0.717) is 36.2 Å². The van der Waals surface area contributed by atoms with Crippen LogP contribution in [0, 0.1) is 5.92 Å². The fourth-order valence-electron chi connectivity index (χ4n) is 5.08. The van der Waals surface area contributed by atoms with Gasteiger partial charge in [0.25, 0.3) is 5.91 Å². The molecule has 4 saturated heterocycles. The van der Waals surface area contributed by atoms with Crippen molar-refractivity contribution in [3.63, 3.8) is 0 Å². The first kappa shape index (κ1) is 17.7. The summed E-state index contributed by atoms with van der Waals surface area (Å²) >= 11 is 0. The lowest BCUT2D eigenvalue weighted by molar-refractivity contribution is -0.119. The monoisotopic (exact) mass is 382 g/mol. The van der Waals surface area contributed by atoms with Crippen molar-refractivity contribution in [1.29, 1.82) is 0 Å². The Labute approximate surface area is 164 Å². The van der Waals surface area contributed by atoms with Crippen molar-refractivity contribution in [2.45, 2.75) is 51.1 Å². The van der Waals surface area contributed by atoms with E-state index in [1.54, 1.807) is 23.4 Å². The van der Waals surface area contributed by atoms with E-state index < -0.39 is 0 Å². The van der Waals surface area contributed by atoms with Gasteiger partial charge in [0, 0.05) is 30.4 Å². The Morgan fingerprint density at radius 2 is 2.07 bits per heavy atom. The Kier molecular flexibility index (Phi) is 4.34. The number of nitrogens with zero attached hydrogens (tertiary/aromatic N) is 3. The number of furan rings is 1. The van der Waals surface area contributed by atoms with Gasteiger partial charge in [-0.15, -0.1) is 0 Å². The molecule has 0 unspecified atom stereocenters. The average Bonchev–Trinajstić information content (AvgIpc) is 3.14. The average molecular weight is 382 g/mol. The lowest BCUT2D eigenvalue weighted by atomic mass is 9.79. The van der Waals surface area contributed by atoms with E-state index in [2.05, 4.69) is 22.1 Å². The van der Waals surface area contributed by atoms with Gasteiger partial charge < -0.3 is 14.6 Å². The van der Waals surface area contributed by atoms with Crippen LogP contribution >= 0.6 is 0 Å². The third kappa shape index (κ3) is 2.89. The zero-order valence-corrected chi connectivity index (χ0v) is 16.2. The van der Waals surface area contributed by atoms with Crippen molar-refractivity contribution in [3.05, 3.63) is 24.2 Å². The molecule has 4 aliphatic heterocycles. The van der Waals surface area contributed by atoms with Gasteiger partial charge in [0.1, 0.15) is 12.0 Å². The summed E-state index contributed by atoms with van der Waals surface area (Å²) < 4.78 is 5.60. The molecule has 4 aliphatic rings. The molecule has 1 N–H and O–H groups in total. The molecular formula is C21H26N4O3. The van der Waals surface area contributed by atoms with Gasteiger partial charge >= 0.3 is 0 Å². The summed E-state index contributed by atoms with van der Waals surface area (Å²) in [6, 6.07) is 2.29. The van der Waals surface area contributed by atoms with Crippen molar-refractivity contribution < 1.29 is 14.0 Å². The second-order valence-corrected chi connectivity index (χ2v) is 8.30. The summed E-state index contributed by atoms with van der Waals surface area (Å²) in [5.41, 5.74) is 1.72. The molecule has 6 rings (SSSR count). The molecular weight excluding hydrogens is 356 g/mol. The molecule has 4 fully saturated rings. The number of hydrogen-bond acceptors (Lipinski definition) is 5. The molecule has 0 aromatic carbocycles. The van der Waals surface area contributed by atoms with E-state index in [1.807, 2.05) is 0 Å². The highest BCUT2D eigenvalue weighted by Crippen LogP contribution is 2.33. The van der Waals surface area contributed by atoms with E-state index in [9.17, 15) is 9.59 Å². The maximum absolute atomic E-state index is 12.9. The number of carbonyl (C=O) groups excluding carboxylic acids is 2. The third-order valence-electron chi connectivity index (χ3n) is 6.76. The number of nitrogens with one attached hydrogen (secondary N) is 1. The fraction of sp³-hybridized carbons (Fsp3) is 0.571. The van der Waals surface area contributed by atoms with Crippen LogP contribution in [0.1, 0.15) is 49.5 Å². The molecule has 0 saturated carbocycles. The number of anilines is 1. The quantitative estimate of drug-likeness (QED) is 0.883. The van der Waals surface area contributed by atoms with Crippen LogP contribution in [-0.4, -0.2) is 53.4 Å². The first-order chi connectivity index (χ1) is 13.6. The number of hydrogen-bond donors (Lipinski definition) is 1. The van der Waals surface area contributed by atoms with Crippen LogP contribution < -0.4 is 10.2 Å². The van der Waals surface area contributed by atoms with E-state index >= 15 is 0 Å². The number of piperidine rings is 4. The first-order valence-corrected chi connectivity index (χ1v) is 10.3. The maximum Gasteiger partial charge on any atom is 0.270 e. The Morgan fingerprint density at radius 3 is 2.82 bits per heavy atom. The molecule has 2 aromatic rings. The summed E-state index contributed by atoms with van der Waals surface area (Å²) in [5, 5.41) is 4.00. The molecule has 7 nitrogen and oxygen atoms in total. The summed E-state index contributed by atoms with van der Waals surface area (Å²) in [4.78, 5) is 33.8. The number of pyridine rings is 1. The minimum Gasteiger partial charge on any atom is -0.460 e. The van der Waals surface area contributed by atoms with Crippen LogP contribution in [0.4, 0.5) is 5.69 Å². The Morgan fingerprint density at radius 1 is 1.25 bits per heavy atom. The Bertz CT molecular complexity index is 914. The van der Waals surface area contributed by atoms with Gasteiger partial charge in [0.15, 0.2) is 5.58 Å². The highest BCUT2D eigenvalue weighted by molar-refractivity contribution is 6.04. The summed E-state index contributed by atoms with van der Waals surface area (Å²) in [6.07, 6.45) is 7.94. The van der Waals surface area contributed by atoms with Crippen LogP contribution in [-0.2, 0) is 4.79 Å². The molecule has 6 heterocycles. The lowest BCUT2D eigenvalue weighted by Crippen LogP contribution is -2.62. The predicted octanol–water partition coefficient (Wildman–Crippen LogP) is 2.56. The highest BCUT2D eigenvalue weighted by Gasteiger charge is 2.40. The van der Waals surface area contributed by atoms with Gasteiger partial charge in [0.05, 0.1) is 11.9 Å². The molecule has 2 bridgehead atoms. The second-order valence-electron chi connectivity index (χ2n) is 8.30. The number of rotatable bonds is 3. The van der Waals surface area contributed by atoms with Crippen molar-refractivity contribution >= 4 is 28.5 Å². The van der Waals surface area contributed by atoms with E-state index in [4.69, 9.17) is 4.42 Å². The molecule has 2 aromatic heterocycles. The van der Waals surface area contributed by atoms with Crippen LogP contribution in [0.2, 0.25) is 0 Å². The van der Waals surface area contributed by atoms with Crippen LogP contribution in [0.15, 0.2) is 22.9 Å². The van der Waals surface area contributed by atoms with E-state index in [0.717, 1.165) is 49.8 Å². The van der Waals surface area contributed by atoms with Crippen molar-refractivity contribution in [2.75, 3.05) is 24.5 Å². The number of carbonyl (C=O) groups is 2. The van der Waals surface area contributed by atoms with Crippen LogP contribution in [0.25, 0.3) is 11.0 Å². The third-order valence-corrected chi connectivity index (χ3v) is 6.76. The molecule has 148 valence electrons. The maximum atomic E-state index is 12.9. The van der Waals surface area contributed by atoms with Crippen molar-refractivity contribution in [2.24, 2.45) is 5.92 Å². The zero-order chi connectivity index (χ0) is 19.3. The smallest absolute Gasteiger partial charge is 0.270 e. The van der Waals surface area contributed by atoms with Gasteiger partial charge in [-0.05, 0) is 57.7 Å². The topological polar surface area (TPSA) is 78.7 Å². The summed E-state index contributed by atoms with van der Waals surface area (Å²) in [7, 11) is 0. The molecule has 2 amide bonds. The minimum atomic E-state index is -0.148. The van der Waals surface area contributed by atoms with Gasteiger partial charge in [0.2, 0.25) is 5.91 Å². The van der Waals surface area contributed by atoms with Crippen molar-refractivity contribution in [1.82, 2.24) is 15.2 Å². The Balaban J connectivity index is 1.40. The standard InChI is InChI=1S/C21H26N4O3/c1-13-20(14-5-8-24(13)9-6-14)23-21(27)16-10-15-17(12-28-18(15)11-22-16)25-7-3-2-4-19(25)26/h10-14,20H,2-9H2,1H3,(H,23,27)/t13-,20-/m0/s1. The molecule has 2 atom stereocenters. The molecule has 0 aliphatic carbocycles. The summed E-state index contributed by atoms with van der Waals surface area (Å²) in [5.74, 6) is 0.505.